The van der Waals surface area contributed by atoms with Crippen LogP contribution in [0.15, 0.2) is 47.5 Å². The number of H-pyrrole nitrogens is 1. The molecule has 1 aromatic carbocycles. The van der Waals surface area contributed by atoms with Crippen molar-refractivity contribution in [2.75, 3.05) is 68.1 Å². The van der Waals surface area contributed by atoms with Gasteiger partial charge in [0.15, 0.2) is 0 Å². The topological polar surface area (TPSA) is 93.8 Å². The van der Waals surface area contributed by atoms with Gasteiger partial charge in [0.25, 0.3) is 5.91 Å². The summed E-state index contributed by atoms with van der Waals surface area (Å²) < 4.78 is 62.0. The minimum absolute atomic E-state index is 0.114. The van der Waals surface area contributed by atoms with Crippen LogP contribution in [0.4, 0.5) is 34.8 Å². The highest BCUT2D eigenvalue weighted by molar-refractivity contribution is 6.07. The SMILES string of the molecule is CC1CN(c2cc(F)c(-c3ccc(N4CCOCC4)nc3)cc2NC(=O)c2c[nH]c(=O)cc2C(F)(F)F)CCN1C. The van der Waals surface area contributed by atoms with Gasteiger partial charge in [0.1, 0.15) is 11.6 Å². The molecule has 0 radical (unpaired) electrons. The number of pyridine rings is 2. The Morgan fingerprint density at radius 3 is 2.51 bits per heavy atom. The Hall–Kier alpha value is -3.97. The number of anilines is 3. The number of benzene rings is 1. The van der Waals surface area contributed by atoms with E-state index >= 15 is 4.39 Å². The molecule has 9 nitrogen and oxygen atoms in total. The summed E-state index contributed by atoms with van der Waals surface area (Å²) in [5, 5.41) is 2.56. The van der Waals surface area contributed by atoms with Gasteiger partial charge in [0.05, 0.1) is 35.7 Å². The van der Waals surface area contributed by atoms with Crippen molar-refractivity contribution in [3.05, 3.63) is 70.0 Å². The van der Waals surface area contributed by atoms with E-state index in [1.165, 1.54) is 18.3 Å². The summed E-state index contributed by atoms with van der Waals surface area (Å²) in [6.45, 7) is 6.23. The zero-order chi connectivity index (χ0) is 29.3. The van der Waals surface area contributed by atoms with E-state index in [0.717, 1.165) is 6.20 Å². The second-order valence-electron chi connectivity index (χ2n) is 10.2. The van der Waals surface area contributed by atoms with Crippen LogP contribution < -0.4 is 20.7 Å². The fourth-order valence-corrected chi connectivity index (χ4v) is 5.02. The number of aromatic nitrogens is 2. The average molecular weight is 575 g/mol. The molecule has 41 heavy (non-hydrogen) atoms. The Morgan fingerprint density at radius 1 is 1.10 bits per heavy atom. The fraction of sp³-hybridized carbons (Fsp3) is 0.393. The van der Waals surface area contributed by atoms with Crippen molar-refractivity contribution in [1.29, 1.82) is 0 Å². The first-order chi connectivity index (χ1) is 19.5. The maximum absolute atomic E-state index is 15.6. The first-order valence-corrected chi connectivity index (χ1v) is 13.2. The summed E-state index contributed by atoms with van der Waals surface area (Å²) in [6, 6.07) is 6.64. The summed E-state index contributed by atoms with van der Waals surface area (Å²) in [5.74, 6) is -0.937. The number of nitrogens with zero attached hydrogens (tertiary/aromatic N) is 4. The van der Waals surface area contributed by atoms with Crippen LogP contribution in [0.3, 0.4) is 0 Å². The zero-order valence-electron chi connectivity index (χ0n) is 22.6. The summed E-state index contributed by atoms with van der Waals surface area (Å²) in [6.07, 6.45) is -2.68. The standard InChI is InChI=1S/C28H30F4N6O3/c1-17-16-38(6-5-36(17)2)24-13-22(29)19(18-3-4-25(33-14-18)37-7-9-41-10-8-37)11-23(24)35-27(40)20-15-34-26(39)12-21(20)28(30,31)32/h3-4,11-15,17H,5-10,16H2,1-2H3,(H,34,39)(H,35,40). The summed E-state index contributed by atoms with van der Waals surface area (Å²) in [7, 11) is 1.97. The van der Waals surface area contributed by atoms with Crippen LogP contribution in [0.5, 0.6) is 0 Å². The number of likely N-dealkylation sites (N-methyl/N-ethyl adjacent to an activating group) is 1. The molecule has 2 N–H and O–H groups in total. The number of alkyl halides is 3. The van der Waals surface area contributed by atoms with E-state index < -0.39 is 34.6 Å². The van der Waals surface area contributed by atoms with Crippen LogP contribution in [0, 0.1) is 5.82 Å². The lowest BCUT2D eigenvalue weighted by atomic mass is 10.0. The monoisotopic (exact) mass is 574 g/mol. The predicted molar refractivity (Wildman–Crippen MR) is 147 cm³/mol. The number of hydrogen-bond donors (Lipinski definition) is 2. The Morgan fingerprint density at radius 2 is 1.85 bits per heavy atom. The van der Waals surface area contributed by atoms with E-state index in [2.05, 4.69) is 25.1 Å². The summed E-state index contributed by atoms with van der Waals surface area (Å²) >= 11 is 0. The van der Waals surface area contributed by atoms with Crippen LogP contribution in [-0.4, -0.2) is 79.8 Å². The number of amides is 1. The van der Waals surface area contributed by atoms with Crippen LogP contribution in [0.1, 0.15) is 22.8 Å². The maximum Gasteiger partial charge on any atom is 0.417 e. The lowest BCUT2D eigenvalue weighted by molar-refractivity contribution is -0.138. The third-order valence-electron chi connectivity index (χ3n) is 7.50. The number of halogens is 4. The molecule has 1 atom stereocenters. The lowest BCUT2D eigenvalue weighted by Gasteiger charge is -2.39. The van der Waals surface area contributed by atoms with Gasteiger partial charge in [-0.25, -0.2) is 9.37 Å². The first kappa shape index (κ1) is 28.6. The number of carbonyl (C=O) groups is 1. The van der Waals surface area contributed by atoms with Gasteiger partial charge in [-0.2, -0.15) is 13.2 Å². The van der Waals surface area contributed by atoms with Crippen molar-refractivity contribution in [2.45, 2.75) is 19.1 Å². The van der Waals surface area contributed by atoms with Crippen LogP contribution in [-0.2, 0) is 10.9 Å². The Labute approximate surface area is 233 Å². The molecule has 4 heterocycles. The van der Waals surface area contributed by atoms with Crippen LogP contribution in [0.2, 0.25) is 0 Å². The number of hydrogen-bond acceptors (Lipinski definition) is 7. The summed E-state index contributed by atoms with van der Waals surface area (Å²) in [5.41, 5.74) is -2.05. The van der Waals surface area contributed by atoms with Gasteiger partial charge in [-0.15, -0.1) is 0 Å². The van der Waals surface area contributed by atoms with Gasteiger partial charge in [-0.1, -0.05) is 0 Å². The molecule has 2 aliphatic heterocycles. The zero-order valence-corrected chi connectivity index (χ0v) is 22.6. The van der Waals surface area contributed by atoms with Gasteiger partial charge in [0.2, 0.25) is 5.56 Å². The van der Waals surface area contributed by atoms with Crippen molar-refractivity contribution < 1.29 is 27.1 Å². The number of aromatic amines is 1. The highest BCUT2D eigenvalue weighted by Gasteiger charge is 2.36. The number of morpholine rings is 1. The summed E-state index contributed by atoms with van der Waals surface area (Å²) in [4.78, 5) is 37.5. The van der Waals surface area contributed by atoms with Crippen molar-refractivity contribution in [3.8, 4) is 11.1 Å². The van der Waals surface area contributed by atoms with E-state index in [9.17, 15) is 22.8 Å². The molecule has 1 amide bonds. The van der Waals surface area contributed by atoms with Crippen molar-refractivity contribution >= 4 is 23.1 Å². The molecular formula is C28H30F4N6O3. The average Bonchev–Trinajstić information content (AvgIpc) is 2.95. The number of rotatable bonds is 5. The van der Waals surface area contributed by atoms with Gasteiger partial charge in [-0.05, 0) is 38.2 Å². The molecule has 2 fully saturated rings. The molecule has 1 unspecified atom stereocenters. The molecule has 2 aliphatic rings. The van der Waals surface area contributed by atoms with E-state index in [0.29, 0.717) is 69.1 Å². The van der Waals surface area contributed by atoms with Crippen LogP contribution >= 0.6 is 0 Å². The van der Waals surface area contributed by atoms with E-state index in [-0.39, 0.29) is 17.3 Å². The smallest absolute Gasteiger partial charge is 0.378 e. The lowest BCUT2D eigenvalue weighted by Crippen LogP contribution is -2.50. The van der Waals surface area contributed by atoms with E-state index in [4.69, 9.17) is 4.74 Å². The van der Waals surface area contributed by atoms with Crippen LogP contribution in [0.25, 0.3) is 11.1 Å². The van der Waals surface area contributed by atoms with Crippen molar-refractivity contribution in [2.24, 2.45) is 0 Å². The third kappa shape index (κ3) is 6.20. The van der Waals surface area contributed by atoms with E-state index in [1.54, 1.807) is 12.1 Å². The molecular weight excluding hydrogens is 544 g/mol. The van der Waals surface area contributed by atoms with Gasteiger partial charge >= 0.3 is 6.18 Å². The number of nitrogens with one attached hydrogen (secondary N) is 2. The highest BCUT2D eigenvalue weighted by Crippen LogP contribution is 2.37. The highest BCUT2D eigenvalue weighted by atomic mass is 19.4. The normalized spacial score (nSPS) is 18.4. The molecule has 5 rings (SSSR count). The quantitative estimate of drug-likeness (QED) is 0.448. The molecule has 3 aromatic rings. The first-order valence-electron chi connectivity index (χ1n) is 13.2. The van der Waals surface area contributed by atoms with E-state index in [1.807, 2.05) is 18.9 Å². The predicted octanol–water partition coefficient (Wildman–Crippen LogP) is 3.82. The number of piperazine rings is 1. The molecule has 0 saturated carbocycles. The fourth-order valence-electron chi connectivity index (χ4n) is 5.02. The van der Waals surface area contributed by atoms with Gasteiger partial charge < -0.3 is 29.7 Å². The molecule has 2 saturated heterocycles. The minimum atomic E-state index is -4.93. The molecule has 2 aromatic heterocycles. The second kappa shape index (κ2) is 11.5. The largest absolute Gasteiger partial charge is 0.417 e. The second-order valence-corrected chi connectivity index (χ2v) is 10.2. The molecule has 218 valence electrons. The van der Waals surface area contributed by atoms with Gasteiger partial charge in [0, 0.05) is 68.4 Å². The molecule has 0 spiro atoms. The van der Waals surface area contributed by atoms with Crippen molar-refractivity contribution in [1.82, 2.24) is 14.9 Å². The number of ether oxygens (including phenoxy) is 1. The molecule has 13 heteroatoms. The number of carbonyl (C=O) groups excluding carboxylic acids is 1. The molecule has 0 aliphatic carbocycles. The van der Waals surface area contributed by atoms with Crippen molar-refractivity contribution in [3.63, 3.8) is 0 Å². The maximum atomic E-state index is 15.6. The third-order valence-corrected chi connectivity index (χ3v) is 7.50. The van der Waals surface area contributed by atoms with Gasteiger partial charge in [-0.3, -0.25) is 9.59 Å². The Balaban J connectivity index is 1.53. The Bertz CT molecular complexity index is 1470. The Kier molecular flexibility index (Phi) is 8.00. The minimum Gasteiger partial charge on any atom is -0.378 e. The molecule has 0 bridgehead atoms.